The van der Waals surface area contributed by atoms with E-state index in [1.54, 1.807) is 27.8 Å². The number of carbonyl (C=O) groups excluding carboxylic acids is 1. The molecule has 0 saturated carbocycles. The molecule has 0 aliphatic heterocycles. The zero-order valence-corrected chi connectivity index (χ0v) is 13.1. The lowest BCUT2D eigenvalue weighted by molar-refractivity contribution is -0.107. The molecule has 1 rings (SSSR count). The highest BCUT2D eigenvalue weighted by molar-refractivity contribution is 5.76. The third kappa shape index (κ3) is 3.90. The summed E-state index contributed by atoms with van der Waals surface area (Å²) in [7, 11) is 3.55. The predicted molar refractivity (Wildman–Crippen MR) is 80.2 cm³/mol. The molecule has 0 saturated heterocycles. The van der Waals surface area contributed by atoms with Crippen molar-refractivity contribution >= 4 is 18.0 Å². The zero-order chi connectivity index (χ0) is 15.5. The fourth-order valence-corrected chi connectivity index (χ4v) is 2.20. The lowest BCUT2D eigenvalue weighted by Gasteiger charge is -2.29. The molecular weight excluding hydrogens is 256 g/mol. The van der Waals surface area contributed by atoms with Crippen LogP contribution in [0.4, 0.5) is 11.6 Å². The van der Waals surface area contributed by atoms with E-state index >= 15 is 0 Å². The Hall–Kier alpha value is -1.69. The second-order valence-corrected chi connectivity index (χ2v) is 5.63. The van der Waals surface area contributed by atoms with Crippen LogP contribution < -0.4 is 9.80 Å². The maximum atomic E-state index is 11.0. The molecule has 1 heterocycles. The molecular formula is C14H24N4O2. The third-order valence-corrected chi connectivity index (χ3v) is 2.91. The van der Waals surface area contributed by atoms with E-state index in [2.05, 4.69) is 9.97 Å². The van der Waals surface area contributed by atoms with Crippen LogP contribution in [0.5, 0.6) is 0 Å². The van der Waals surface area contributed by atoms with Crippen LogP contribution in [0.3, 0.4) is 0 Å². The standard InChI is InChI=1S/C14H24N4O2/c1-7-11-12(17(5)8-14(3,4)20)15-10(2)16-13(11)18(6)9-19/h9,20H,7-8H2,1-6H3. The van der Waals surface area contributed by atoms with Crippen molar-refractivity contribution < 1.29 is 9.90 Å². The molecule has 6 heteroatoms. The summed E-state index contributed by atoms with van der Waals surface area (Å²) in [5, 5.41) is 9.96. The van der Waals surface area contributed by atoms with Crippen LogP contribution in [0.25, 0.3) is 0 Å². The number of aryl methyl sites for hydroxylation is 1. The van der Waals surface area contributed by atoms with Crippen molar-refractivity contribution in [2.75, 3.05) is 30.4 Å². The van der Waals surface area contributed by atoms with E-state index in [1.165, 1.54) is 4.90 Å². The Labute approximate surface area is 120 Å². The molecule has 0 radical (unpaired) electrons. The molecule has 0 aromatic carbocycles. The fourth-order valence-electron chi connectivity index (χ4n) is 2.20. The maximum Gasteiger partial charge on any atom is 0.215 e. The van der Waals surface area contributed by atoms with Gasteiger partial charge in [0.1, 0.15) is 17.5 Å². The van der Waals surface area contributed by atoms with Crippen LogP contribution in [-0.2, 0) is 11.2 Å². The van der Waals surface area contributed by atoms with Crippen molar-refractivity contribution in [2.24, 2.45) is 0 Å². The summed E-state index contributed by atoms with van der Waals surface area (Å²) in [6.45, 7) is 7.74. The van der Waals surface area contributed by atoms with Crippen LogP contribution in [0, 0.1) is 6.92 Å². The SMILES string of the molecule is CCc1c(N(C)C=O)nc(C)nc1N(C)CC(C)(C)O. The van der Waals surface area contributed by atoms with Crippen molar-refractivity contribution in [3.05, 3.63) is 11.4 Å². The highest BCUT2D eigenvalue weighted by Crippen LogP contribution is 2.27. The van der Waals surface area contributed by atoms with Crippen molar-refractivity contribution in [3.63, 3.8) is 0 Å². The van der Waals surface area contributed by atoms with Gasteiger partial charge in [-0.1, -0.05) is 6.92 Å². The highest BCUT2D eigenvalue weighted by Gasteiger charge is 2.22. The molecule has 0 atom stereocenters. The summed E-state index contributed by atoms with van der Waals surface area (Å²) in [5.74, 6) is 1.97. The molecule has 0 aliphatic rings. The Morgan fingerprint density at radius 3 is 2.25 bits per heavy atom. The van der Waals surface area contributed by atoms with Gasteiger partial charge in [0.15, 0.2) is 0 Å². The summed E-state index contributed by atoms with van der Waals surface area (Å²) in [6, 6.07) is 0. The van der Waals surface area contributed by atoms with Gasteiger partial charge in [-0.2, -0.15) is 0 Å². The molecule has 0 fully saturated rings. The average Bonchev–Trinajstić information content (AvgIpc) is 2.34. The molecule has 112 valence electrons. The molecule has 0 bridgehead atoms. The summed E-state index contributed by atoms with van der Waals surface area (Å²) in [4.78, 5) is 23.2. The van der Waals surface area contributed by atoms with Crippen LogP contribution in [0.1, 0.15) is 32.2 Å². The Balaban J connectivity index is 3.31. The lowest BCUT2D eigenvalue weighted by atomic mass is 10.1. The van der Waals surface area contributed by atoms with Crippen LogP contribution in [0.15, 0.2) is 0 Å². The molecule has 1 amide bonds. The fraction of sp³-hybridized carbons (Fsp3) is 0.643. The Morgan fingerprint density at radius 2 is 1.80 bits per heavy atom. The second kappa shape index (κ2) is 6.17. The van der Waals surface area contributed by atoms with Crippen molar-refractivity contribution in [3.8, 4) is 0 Å². The Morgan fingerprint density at radius 1 is 1.25 bits per heavy atom. The van der Waals surface area contributed by atoms with Gasteiger partial charge in [0.05, 0.1) is 5.60 Å². The third-order valence-electron chi connectivity index (χ3n) is 2.91. The van der Waals surface area contributed by atoms with Gasteiger partial charge in [0.25, 0.3) is 0 Å². The molecule has 6 nitrogen and oxygen atoms in total. The van der Waals surface area contributed by atoms with E-state index in [0.29, 0.717) is 24.6 Å². The van der Waals surface area contributed by atoms with E-state index in [4.69, 9.17) is 0 Å². The van der Waals surface area contributed by atoms with Crippen molar-refractivity contribution in [2.45, 2.75) is 39.7 Å². The van der Waals surface area contributed by atoms with Gasteiger partial charge in [-0.05, 0) is 27.2 Å². The molecule has 0 unspecified atom stereocenters. The van der Waals surface area contributed by atoms with Crippen LogP contribution in [-0.4, -0.2) is 47.7 Å². The normalized spacial score (nSPS) is 11.3. The van der Waals surface area contributed by atoms with E-state index in [9.17, 15) is 9.90 Å². The van der Waals surface area contributed by atoms with Gasteiger partial charge in [0, 0.05) is 26.2 Å². The van der Waals surface area contributed by atoms with Gasteiger partial charge in [0.2, 0.25) is 6.41 Å². The minimum absolute atomic E-state index is 0.445. The first-order chi connectivity index (χ1) is 9.19. The number of amides is 1. The number of anilines is 2. The number of aliphatic hydroxyl groups is 1. The van der Waals surface area contributed by atoms with Crippen LogP contribution in [0.2, 0.25) is 0 Å². The summed E-state index contributed by atoms with van der Waals surface area (Å²) < 4.78 is 0. The van der Waals surface area contributed by atoms with E-state index in [0.717, 1.165) is 17.8 Å². The summed E-state index contributed by atoms with van der Waals surface area (Å²) >= 11 is 0. The van der Waals surface area contributed by atoms with Crippen LogP contribution >= 0.6 is 0 Å². The molecule has 1 N–H and O–H groups in total. The van der Waals surface area contributed by atoms with Gasteiger partial charge in [-0.15, -0.1) is 0 Å². The van der Waals surface area contributed by atoms with Crippen molar-refractivity contribution in [1.82, 2.24) is 9.97 Å². The maximum absolute atomic E-state index is 11.0. The monoisotopic (exact) mass is 280 g/mol. The van der Waals surface area contributed by atoms with Gasteiger partial charge >= 0.3 is 0 Å². The number of hydrogen-bond donors (Lipinski definition) is 1. The smallest absolute Gasteiger partial charge is 0.215 e. The topological polar surface area (TPSA) is 69.6 Å². The number of likely N-dealkylation sites (N-methyl/N-ethyl adjacent to an activating group) is 1. The number of rotatable bonds is 6. The first kappa shape index (κ1) is 16.4. The largest absolute Gasteiger partial charge is 0.389 e. The first-order valence-corrected chi connectivity index (χ1v) is 6.68. The van der Waals surface area contributed by atoms with E-state index < -0.39 is 5.60 Å². The summed E-state index contributed by atoms with van der Waals surface area (Å²) in [5.41, 5.74) is 0.0759. The first-order valence-electron chi connectivity index (χ1n) is 6.68. The molecule has 0 spiro atoms. The minimum Gasteiger partial charge on any atom is -0.389 e. The van der Waals surface area contributed by atoms with E-state index in [1.807, 2.05) is 18.9 Å². The summed E-state index contributed by atoms with van der Waals surface area (Å²) in [6.07, 6.45) is 1.44. The Kier molecular flexibility index (Phi) is 5.05. The van der Waals surface area contributed by atoms with Crippen molar-refractivity contribution in [1.29, 1.82) is 0 Å². The number of nitrogens with zero attached hydrogens (tertiary/aromatic N) is 4. The quantitative estimate of drug-likeness (QED) is 0.792. The van der Waals surface area contributed by atoms with E-state index in [-0.39, 0.29) is 0 Å². The van der Waals surface area contributed by atoms with Gasteiger partial charge in [-0.3, -0.25) is 4.79 Å². The second-order valence-electron chi connectivity index (χ2n) is 5.63. The Bertz CT molecular complexity index is 483. The number of aromatic nitrogens is 2. The average molecular weight is 280 g/mol. The zero-order valence-electron chi connectivity index (χ0n) is 13.1. The highest BCUT2D eigenvalue weighted by atomic mass is 16.3. The van der Waals surface area contributed by atoms with Gasteiger partial charge < -0.3 is 14.9 Å². The minimum atomic E-state index is -0.824. The number of carbonyl (C=O) groups is 1. The molecule has 20 heavy (non-hydrogen) atoms. The number of hydrogen-bond acceptors (Lipinski definition) is 5. The molecule has 1 aromatic heterocycles. The predicted octanol–water partition coefficient (Wildman–Crippen LogP) is 1.15. The molecule has 1 aromatic rings. The van der Waals surface area contributed by atoms with Gasteiger partial charge in [-0.25, -0.2) is 9.97 Å². The molecule has 0 aliphatic carbocycles. The lowest BCUT2D eigenvalue weighted by Crippen LogP contribution is -2.37.